The Balaban J connectivity index is 1.81. The minimum absolute atomic E-state index is 0.0628. The molecule has 4 nitrogen and oxygen atoms in total. The molecule has 3 rings (SSSR count). The Morgan fingerprint density at radius 2 is 2.44 bits per heavy atom. The third-order valence-electron chi connectivity index (χ3n) is 3.68. The van der Waals surface area contributed by atoms with E-state index in [0.717, 1.165) is 19.4 Å². The van der Waals surface area contributed by atoms with Crippen LogP contribution in [-0.4, -0.2) is 36.1 Å². The average molecular weight is 266 g/mol. The number of amides is 1. The van der Waals surface area contributed by atoms with Gasteiger partial charge in [0, 0.05) is 17.5 Å². The lowest BCUT2D eigenvalue weighted by Crippen LogP contribution is -2.44. The van der Waals surface area contributed by atoms with E-state index in [2.05, 4.69) is 23.7 Å². The summed E-state index contributed by atoms with van der Waals surface area (Å²) >= 11 is 1.70. The molecule has 3 heterocycles. The van der Waals surface area contributed by atoms with Crippen molar-refractivity contribution < 1.29 is 9.53 Å². The first kappa shape index (κ1) is 12.1. The van der Waals surface area contributed by atoms with Gasteiger partial charge < -0.3 is 9.64 Å². The Labute approximate surface area is 111 Å². The summed E-state index contributed by atoms with van der Waals surface area (Å²) in [6.07, 6.45) is 2.20. The number of nitrogens with zero attached hydrogens (tertiary/aromatic N) is 1. The lowest BCUT2D eigenvalue weighted by atomic mass is 10.0. The number of carbonyl (C=O) groups excluding carboxylic acids is 1. The van der Waals surface area contributed by atoms with Gasteiger partial charge in [0.1, 0.15) is 6.17 Å². The molecule has 98 valence electrons. The zero-order valence-corrected chi connectivity index (χ0v) is 11.3. The molecule has 3 atom stereocenters. The van der Waals surface area contributed by atoms with E-state index in [0.29, 0.717) is 12.6 Å². The van der Waals surface area contributed by atoms with Crippen LogP contribution in [0.2, 0.25) is 0 Å². The van der Waals surface area contributed by atoms with Gasteiger partial charge in [0.05, 0.1) is 12.6 Å². The van der Waals surface area contributed by atoms with Crippen LogP contribution in [0.3, 0.4) is 0 Å². The van der Waals surface area contributed by atoms with Gasteiger partial charge in [0.2, 0.25) is 5.91 Å². The number of nitrogens with one attached hydrogen (secondary N) is 1. The first-order valence-electron chi connectivity index (χ1n) is 6.45. The van der Waals surface area contributed by atoms with Gasteiger partial charge >= 0.3 is 0 Å². The second kappa shape index (κ2) is 4.99. The standard InChI is InChI=1S/C13H18N2O2S/c1-9-7-10(4-5-17-9)15-12(16)8-14-13(15)11-3-2-6-18-11/h2-3,6,9-10,13-14H,4-5,7-8H2,1H3. The fourth-order valence-electron chi connectivity index (χ4n) is 2.84. The minimum atomic E-state index is 0.0628. The number of hydrogen-bond acceptors (Lipinski definition) is 4. The highest BCUT2D eigenvalue weighted by atomic mass is 32.1. The molecule has 2 fully saturated rings. The van der Waals surface area contributed by atoms with Crippen LogP contribution < -0.4 is 5.32 Å². The zero-order chi connectivity index (χ0) is 12.5. The molecule has 1 N–H and O–H groups in total. The monoisotopic (exact) mass is 266 g/mol. The summed E-state index contributed by atoms with van der Waals surface area (Å²) in [5, 5.41) is 5.38. The van der Waals surface area contributed by atoms with Crippen LogP contribution in [0, 0.1) is 0 Å². The van der Waals surface area contributed by atoms with Gasteiger partial charge in [-0.05, 0) is 31.2 Å². The fourth-order valence-corrected chi connectivity index (χ4v) is 3.64. The summed E-state index contributed by atoms with van der Waals surface area (Å²) in [5.74, 6) is 0.215. The molecule has 1 aromatic heterocycles. The Morgan fingerprint density at radius 3 is 3.17 bits per heavy atom. The minimum Gasteiger partial charge on any atom is -0.378 e. The molecule has 2 aliphatic rings. The van der Waals surface area contributed by atoms with Crippen molar-refractivity contribution in [3.05, 3.63) is 22.4 Å². The third kappa shape index (κ3) is 2.18. The largest absolute Gasteiger partial charge is 0.378 e. The van der Waals surface area contributed by atoms with Crippen molar-refractivity contribution in [1.82, 2.24) is 10.2 Å². The van der Waals surface area contributed by atoms with Crippen molar-refractivity contribution in [2.24, 2.45) is 0 Å². The number of rotatable bonds is 2. The molecule has 2 aliphatic heterocycles. The van der Waals surface area contributed by atoms with Crippen molar-refractivity contribution in [1.29, 1.82) is 0 Å². The van der Waals surface area contributed by atoms with E-state index >= 15 is 0 Å². The van der Waals surface area contributed by atoms with Crippen molar-refractivity contribution in [3.63, 3.8) is 0 Å². The molecule has 1 amide bonds. The molecule has 0 saturated carbocycles. The topological polar surface area (TPSA) is 41.6 Å². The lowest BCUT2D eigenvalue weighted by Gasteiger charge is -2.37. The fraction of sp³-hybridized carbons (Fsp3) is 0.615. The third-order valence-corrected chi connectivity index (χ3v) is 4.60. The van der Waals surface area contributed by atoms with Crippen molar-refractivity contribution >= 4 is 17.2 Å². The Kier molecular flexibility index (Phi) is 3.37. The number of ether oxygens (including phenoxy) is 1. The van der Waals surface area contributed by atoms with E-state index in [-0.39, 0.29) is 18.2 Å². The summed E-state index contributed by atoms with van der Waals surface area (Å²) < 4.78 is 5.57. The smallest absolute Gasteiger partial charge is 0.238 e. The van der Waals surface area contributed by atoms with Crippen LogP contribution in [0.5, 0.6) is 0 Å². The van der Waals surface area contributed by atoms with Crippen LogP contribution in [0.25, 0.3) is 0 Å². The second-order valence-electron chi connectivity index (χ2n) is 4.96. The molecular weight excluding hydrogens is 248 g/mol. The van der Waals surface area contributed by atoms with E-state index in [9.17, 15) is 4.79 Å². The molecule has 0 aromatic carbocycles. The summed E-state index contributed by atoms with van der Waals surface area (Å²) in [6.45, 7) is 3.29. The molecule has 18 heavy (non-hydrogen) atoms. The van der Waals surface area contributed by atoms with Crippen LogP contribution >= 0.6 is 11.3 Å². The van der Waals surface area contributed by atoms with Crippen molar-refractivity contribution in [2.45, 2.75) is 38.1 Å². The number of thiophene rings is 1. The molecule has 0 spiro atoms. The molecule has 2 saturated heterocycles. The maximum Gasteiger partial charge on any atom is 0.238 e. The zero-order valence-electron chi connectivity index (χ0n) is 10.5. The summed E-state index contributed by atoms with van der Waals surface area (Å²) in [6, 6.07) is 4.44. The van der Waals surface area contributed by atoms with Gasteiger partial charge in [-0.2, -0.15) is 0 Å². The van der Waals surface area contributed by atoms with Gasteiger partial charge in [0.25, 0.3) is 0 Å². The highest BCUT2D eigenvalue weighted by Gasteiger charge is 2.38. The SMILES string of the molecule is CC1CC(N2C(=O)CNC2c2cccs2)CCO1. The summed E-state index contributed by atoms with van der Waals surface area (Å²) in [7, 11) is 0. The van der Waals surface area contributed by atoms with Crippen molar-refractivity contribution in [2.75, 3.05) is 13.2 Å². The summed E-state index contributed by atoms with van der Waals surface area (Å²) in [5.41, 5.74) is 0. The molecule has 1 aromatic rings. The highest BCUT2D eigenvalue weighted by molar-refractivity contribution is 7.10. The normalized spacial score (nSPS) is 33.1. The van der Waals surface area contributed by atoms with E-state index in [1.807, 2.05) is 11.0 Å². The average Bonchev–Trinajstić information content (AvgIpc) is 2.97. The van der Waals surface area contributed by atoms with Gasteiger partial charge in [-0.1, -0.05) is 6.07 Å². The van der Waals surface area contributed by atoms with Gasteiger partial charge in [-0.15, -0.1) is 11.3 Å². The molecule has 5 heteroatoms. The van der Waals surface area contributed by atoms with E-state index in [4.69, 9.17) is 4.74 Å². The molecular formula is C13H18N2O2S. The molecule has 0 aliphatic carbocycles. The Bertz CT molecular complexity index is 421. The van der Waals surface area contributed by atoms with Gasteiger partial charge in [-0.3, -0.25) is 10.1 Å². The van der Waals surface area contributed by atoms with E-state index in [1.54, 1.807) is 11.3 Å². The van der Waals surface area contributed by atoms with Crippen LogP contribution in [0.4, 0.5) is 0 Å². The van der Waals surface area contributed by atoms with Crippen LogP contribution in [0.15, 0.2) is 17.5 Å². The second-order valence-corrected chi connectivity index (χ2v) is 5.94. The predicted octanol–water partition coefficient (Wildman–Crippen LogP) is 1.75. The lowest BCUT2D eigenvalue weighted by molar-refractivity contribution is -0.133. The molecule has 3 unspecified atom stereocenters. The van der Waals surface area contributed by atoms with Crippen LogP contribution in [0.1, 0.15) is 30.8 Å². The van der Waals surface area contributed by atoms with Gasteiger partial charge in [0.15, 0.2) is 0 Å². The van der Waals surface area contributed by atoms with E-state index < -0.39 is 0 Å². The van der Waals surface area contributed by atoms with Crippen molar-refractivity contribution in [3.8, 4) is 0 Å². The quantitative estimate of drug-likeness (QED) is 0.886. The number of hydrogen-bond donors (Lipinski definition) is 1. The van der Waals surface area contributed by atoms with E-state index in [1.165, 1.54) is 4.88 Å². The molecule has 0 bridgehead atoms. The summed E-state index contributed by atoms with van der Waals surface area (Å²) in [4.78, 5) is 15.4. The maximum absolute atomic E-state index is 12.1. The Hall–Kier alpha value is -0.910. The molecule has 0 radical (unpaired) electrons. The predicted molar refractivity (Wildman–Crippen MR) is 70.3 cm³/mol. The Morgan fingerprint density at radius 1 is 1.56 bits per heavy atom. The first-order valence-corrected chi connectivity index (χ1v) is 7.33. The van der Waals surface area contributed by atoms with Crippen LogP contribution in [-0.2, 0) is 9.53 Å². The first-order chi connectivity index (χ1) is 8.75. The maximum atomic E-state index is 12.1. The number of carbonyl (C=O) groups is 1. The highest BCUT2D eigenvalue weighted by Crippen LogP contribution is 2.32. The van der Waals surface area contributed by atoms with Gasteiger partial charge in [-0.25, -0.2) is 0 Å².